The van der Waals surface area contributed by atoms with Crippen LogP contribution in [0.1, 0.15) is 13.3 Å². The Bertz CT molecular complexity index is 326. The molecule has 1 aliphatic heterocycles. The van der Waals surface area contributed by atoms with E-state index < -0.39 is 6.92 Å². The van der Waals surface area contributed by atoms with Gasteiger partial charge in [-0.3, -0.25) is 0 Å². The number of anilines is 1. The molecule has 15 heavy (non-hydrogen) atoms. The maximum absolute atomic E-state index is 9.37. The van der Waals surface area contributed by atoms with E-state index in [0.29, 0.717) is 0 Å². The van der Waals surface area contributed by atoms with E-state index in [4.69, 9.17) is 0 Å². The molecule has 1 atom stereocenters. The highest BCUT2D eigenvalue weighted by Gasteiger charge is 2.19. The molecule has 2 heterocycles. The monoisotopic (exact) mass is 204 g/mol. The second-order valence-electron chi connectivity index (χ2n) is 4.47. The maximum atomic E-state index is 9.37. The SMILES string of the molecule is CB(O)c1ccc(N2CCC(C)C2)nc1. The largest absolute Gasteiger partial charge is 0.446 e. The summed E-state index contributed by atoms with van der Waals surface area (Å²) in [5, 5.41) is 9.37. The first-order chi connectivity index (χ1) is 7.16. The van der Waals surface area contributed by atoms with Gasteiger partial charge in [0.2, 0.25) is 0 Å². The van der Waals surface area contributed by atoms with Crippen LogP contribution in [0, 0.1) is 5.92 Å². The Hall–Kier alpha value is -1.03. The van der Waals surface area contributed by atoms with Crippen molar-refractivity contribution in [2.24, 2.45) is 5.92 Å². The van der Waals surface area contributed by atoms with Crippen molar-refractivity contribution in [1.29, 1.82) is 0 Å². The van der Waals surface area contributed by atoms with E-state index in [1.54, 1.807) is 13.0 Å². The molecule has 1 aromatic heterocycles. The standard InChI is InChI=1S/C11H17BN2O/c1-9-5-6-14(8-9)11-4-3-10(7-13-11)12(2)15/h3-4,7,9,15H,5-6,8H2,1-2H3. The molecule has 1 saturated heterocycles. The van der Waals surface area contributed by atoms with Gasteiger partial charge in [-0.2, -0.15) is 0 Å². The van der Waals surface area contributed by atoms with Gasteiger partial charge in [-0.05, 0) is 23.9 Å². The molecule has 0 saturated carbocycles. The van der Waals surface area contributed by atoms with E-state index in [9.17, 15) is 5.02 Å². The van der Waals surface area contributed by atoms with Crippen molar-refractivity contribution in [3.05, 3.63) is 18.3 Å². The van der Waals surface area contributed by atoms with Crippen molar-refractivity contribution in [2.45, 2.75) is 20.2 Å². The average molecular weight is 204 g/mol. The average Bonchev–Trinajstić information content (AvgIpc) is 2.65. The summed E-state index contributed by atoms with van der Waals surface area (Å²) in [4.78, 5) is 6.68. The van der Waals surface area contributed by atoms with Crippen LogP contribution in [0.4, 0.5) is 5.82 Å². The lowest BCUT2D eigenvalue weighted by Crippen LogP contribution is -2.28. The number of hydrogen-bond donors (Lipinski definition) is 1. The Balaban J connectivity index is 2.10. The predicted molar refractivity (Wildman–Crippen MR) is 63.7 cm³/mol. The molecule has 0 aromatic carbocycles. The van der Waals surface area contributed by atoms with Crippen LogP contribution in [0.25, 0.3) is 0 Å². The van der Waals surface area contributed by atoms with Crippen LogP contribution in [0.3, 0.4) is 0 Å². The van der Waals surface area contributed by atoms with E-state index in [1.165, 1.54) is 6.42 Å². The minimum absolute atomic E-state index is 0.427. The highest BCUT2D eigenvalue weighted by atomic mass is 16.2. The molecule has 2 rings (SSSR count). The Kier molecular flexibility index (Phi) is 2.96. The molecule has 4 heteroatoms. The number of hydrogen-bond acceptors (Lipinski definition) is 3. The summed E-state index contributed by atoms with van der Waals surface area (Å²) in [5.41, 5.74) is 0.881. The van der Waals surface area contributed by atoms with Crippen LogP contribution < -0.4 is 10.4 Å². The first-order valence-electron chi connectivity index (χ1n) is 5.56. The molecular weight excluding hydrogens is 187 g/mol. The van der Waals surface area contributed by atoms with Crippen LogP contribution >= 0.6 is 0 Å². The Morgan fingerprint density at radius 3 is 2.80 bits per heavy atom. The quantitative estimate of drug-likeness (QED) is 0.722. The van der Waals surface area contributed by atoms with Crippen molar-refractivity contribution in [3.63, 3.8) is 0 Å². The van der Waals surface area contributed by atoms with Gasteiger partial charge in [0.25, 0.3) is 0 Å². The van der Waals surface area contributed by atoms with Crippen molar-refractivity contribution >= 4 is 18.2 Å². The van der Waals surface area contributed by atoms with Crippen LogP contribution in [0.15, 0.2) is 18.3 Å². The van der Waals surface area contributed by atoms with Crippen LogP contribution in [-0.2, 0) is 0 Å². The zero-order valence-corrected chi connectivity index (χ0v) is 9.35. The first kappa shape index (κ1) is 10.5. The lowest BCUT2D eigenvalue weighted by molar-refractivity contribution is 0.593. The smallest absolute Gasteiger partial charge is 0.321 e. The topological polar surface area (TPSA) is 36.4 Å². The molecule has 1 aliphatic rings. The van der Waals surface area contributed by atoms with Crippen molar-refractivity contribution in [2.75, 3.05) is 18.0 Å². The minimum atomic E-state index is -0.427. The van der Waals surface area contributed by atoms with Gasteiger partial charge in [-0.15, -0.1) is 0 Å². The molecule has 0 spiro atoms. The summed E-state index contributed by atoms with van der Waals surface area (Å²) in [6, 6.07) is 3.95. The molecule has 1 N–H and O–H groups in total. The zero-order chi connectivity index (χ0) is 10.8. The lowest BCUT2D eigenvalue weighted by Gasteiger charge is -2.17. The lowest BCUT2D eigenvalue weighted by atomic mass is 9.65. The number of pyridine rings is 1. The second kappa shape index (κ2) is 4.23. The first-order valence-corrected chi connectivity index (χ1v) is 5.56. The molecule has 1 fully saturated rings. The maximum Gasteiger partial charge on any atom is 0.321 e. The van der Waals surface area contributed by atoms with Crippen molar-refractivity contribution < 1.29 is 5.02 Å². The molecule has 0 aliphatic carbocycles. The number of rotatable bonds is 2. The molecule has 0 amide bonds. The highest BCUT2D eigenvalue weighted by Crippen LogP contribution is 2.20. The van der Waals surface area contributed by atoms with Gasteiger partial charge in [0, 0.05) is 19.3 Å². The van der Waals surface area contributed by atoms with E-state index in [0.717, 1.165) is 30.3 Å². The Morgan fingerprint density at radius 1 is 1.53 bits per heavy atom. The van der Waals surface area contributed by atoms with Gasteiger partial charge in [0.05, 0.1) is 0 Å². The van der Waals surface area contributed by atoms with E-state index in [-0.39, 0.29) is 0 Å². The minimum Gasteiger partial charge on any atom is -0.446 e. The normalized spacial score (nSPS) is 20.7. The molecule has 1 unspecified atom stereocenters. The van der Waals surface area contributed by atoms with Crippen LogP contribution in [0.5, 0.6) is 0 Å². The Morgan fingerprint density at radius 2 is 2.33 bits per heavy atom. The molecule has 80 valence electrons. The van der Waals surface area contributed by atoms with E-state index in [2.05, 4.69) is 16.8 Å². The third-order valence-electron chi connectivity index (χ3n) is 3.00. The van der Waals surface area contributed by atoms with Crippen LogP contribution in [0.2, 0.25) is 6.82 Å². The molecular formula is C11H17BN2O. The van der Waals surface area contributed by atoms with E-state index in [1.807, 2.05) is 12.1 Å². The second-order valence-corrected chi connectivity index (χ2v) is 4.47. The highest BCUT2D eigenvalue weighted by molar-refractivity contribution is 6.64. The fraction of sp³-hybridized carbons (Fsp3) is 0.545. The van der Waals surface area contributed by atoms with Gasteiger partial charge in [0.1, 0.15) is 5.82 Å². The Labute approximate surface area is 91.2 Å². The predicted octanol–water partition coefficient (Wildman–Crippen LogP) is 0.748. The fourth-order valence-corrected chi connectivity index (χ4v) is 1.97. The summed E-state index contributed by atoms with van der Waals surface area (Å²) in [6.45, 7) is 5.80. The number of aromatic nitrogens is 1. The summed E-state index contributed by atoms with van der Waals surface area (Å²) in [7, 11) is 0. The summed E-state index contributed by atoms with van der Waals surface area (Å²) in [6.07, 6.45) is 3.02. The van der Waals surface area contributed by atoms with Gasteiger partial charge < -0.3 is 9.92 Å². The summed E-state index contributed by atoms with van der Waals surface area (Å²) < 4.78 is 0. The number of nitrogens with zero attached hydrogens (tertiary/aromatic N) is 2. The third-order valence-corrected chi connectivity index (χ3v) is 3.00. The van der Waals surface area contributed by atoms with Crippen molar-refractivity contribution in [1.82, 2.24) is 4.98 Å². The molecule has 1 aromatic rings. The molecule has 0 radical (unpaired) electrons. The molecule has 3 nitrogen and oxygen atoms in total. The van der Waals surface area contributed by atoms with Gasteiger partial charge in [-0.1, -0.05) is 19.8 Å². The van der Waals surface area contributed by atoms with Crippen molar-refractivity contribution in [3.8, 4) is 0 Å². The van der Waals surface area contributed by atoms with Crippen LogP contribution in [-0.4, -0.2) is 30.0 Å². The summed E-state index contributed by atoms with van der Waals surface area (Å²) in [5.74, 6) is 1.80. The van der Waals surface area contributed by atoms with Gasteiger partial charge >= 0.3 is 6.92 Å². The zero-order valence-electron chi connectivity index (χ0n) is 9.35. The van der Waals surface area contributed by atoms with E-state index >= 15 is 0 Å². The summed E-state index contributed by atoms with van der Waals surface area (Å²) >= 11 is 0. The fourth-order valence-electron chi connectivity index (χ4n) is 1.97. The molecule has 0 bridgehead atoms. The van der Waals surface area contributed by atoms with Gasteiger partial charge in [0.15, 0.2) is 0 Å². The third kappa shape index (κ3) is 2.32. The van der Waals surface area contributed by atoms with Gasteiger partial charge in [-0.25, -0.2) is 4.98 Å².